The molecule has 6 heterocycles. The number of unbranched alkanes of at least 4 members (excludes halogenated alkanes) is 2. The fourth-order valence-electron chi connectivity index (χ4n) is 11.4. The number of para-hydroxylation sites is 1. The lowest BCUT2D eigenvalue weighted by Gasteiger charge is -2.30. The Hall–Kier alpha value is -7.41. The number of rotatable bonds is 26. The van der Waals surface area contributed by atoms with Crippen molar-refractivity contribution in [2.75, 3.05) is 71.6 Å². The number of aromatic nitrogens is 4. The SMILES string of the molecule is CC(C)C[C@@H]1NC(=O)[C@@H](NC(=O)COCCOCCOCCNC(=O)CCCCC2SC[C@@H]3NC(=O)N[C@H]23)Cc2cn(nn2)CCCC[C@@H](C(N)=O)NC(=O)[C@@H]2CCCN2C(=O)[C@H](Cc2c[nH]c3ccccc23)NC(=O)CNC(=O)[C@H](CCCCN)NC1=O. The van der Waals surface area contributed by atoms with E-state index in [4.69, 9.17) is 25.7 Å². The number of thioether (sulfide) groups is 1. The fourth-order valence-corrected chi connectivity index (χ4v) is 12.9. The molecule has 490 valence electrons. The first-order valence-electron chi connectivity index (χ1n) is 31.2. The van der Waals surface area contributed by atoms with Gasteiger partial charge in [0, 0.05) is 73.2 Å². The third kappa shape index (κ3) is 21.9. The van der Waals surface area contributed by atoms with E-state index in [1.54, 1.807) is 12.4 Å². The number of urea groups is 1. The Bertz CT molecular complexity index is 2870. The molecule has 4 aliphatic heterocycles. The van der Waals surface area contributed by atoms with Crippen molar-refractivity contribution >= 4 is 81.9 Å². The number of carbonyl (C=O) groups is 10. The average molecular weight is 1260 g/mol. The number of amides is 11. The van der Waals surface area contributed by atoms with Gasteiger partial charge in [0.15, 0.2) is 0 Å². The van der Waals surface area contributed by atoms with E-state index in [-0.39, 0.29) is 95.0 Å². The van der Waals surface area contributed by atoms with Crippen LogP contribution < -0.4 is 59.3 Å². The van der Waals surface area contributed by atoms with Crippen molar-refractivity contribution in [2.45, 2.75) is 170 Å². The molecule has 2 bridgehead atoms. The summed E-state index contributed by atoms with van der Waals surface area (Å²) in [6.45, 7) is 4.76. The van der Waals surface area contributed by atoms with E-state index in [0.29, 0.717) is 87.7 Å². The number of nitrogens with two attached hydrogens (primary N) is 2. The zero-order chi connectivity index (χ0) is 63.7. The van der Waals surface area contributed by atoms with Crippen LogP contribution >= 0.6 is 11.8 Å². The number of nitrogens with zero attached hydrogens (tertiary/aromatic N) is 4. The molecule has 11 amide bonds. The predicted octanol–water partition coefficient (Wildman–Crippen LogP) is -1.19. The monoisotopic (exact) mass is 1260 g/mol. The summed E-state index contributed by atoms with van der Waals surface area (Å²) in [5, 5.41) is 34.9. The summed E-state index contributed by atoms with van der Waals surface area (Å²) < 4.78 is 18.3. The van der Waals surface area contributed by atoms with Crippen LogP contribution in [0.3, 0.4) is 0 Å². The van der Waals surface area contributed by atoms with Crippen LogP contribution in [-0.4, -0.2) is 209 Å². The van der Waals surface area contributed by atoms with Crippen molar-refractivity contribution in [3.05, 3.63) is 47.9 Å². The molecule has 0 aliphatic carbocycles. The molecule has 4 aliphatic rings. The molecular weight excluding hydrogens is 1170 g/mol. The van der Waals surface area contributed by atoms with E-state index in [0.717, 1.165) is 35.9 Å². The van der Waals surface area contributed by atoms with E-state index in [1.807, 2.05) is 49.9 Å². The van der Waals surface area contributed by atoms with E-state index >= 15 is 0 Å². The van der Waals surface area contributed by atoms with Gasteiger partial charge in [0.1, 0.15) is 42.9 Å². The second kappa shape index (κ2) is 35.7. The summed E-state index contributed by atoms with van der Waals surface area (Å²) in [5.74, 6) is -4.69. The number of hydrogen-bond acceptors (Lipinski definition) is 17. The Morgan fingerprint density at radius 1 is 0.775 bits per heavy atom. The molecule has 1 aromatic carbocycles. The van der Waals surface area contributed by atoms with Gasteiger partial charge < -0.3 is 83.4 Å². The number of benzene rings is 1. The number of ether oxygens (including phenoxy) is 3. The standard InChI is InChI=1S/C59H90N16O13S/c1-36(2)28-43-55(81)68-42(15-7-9-19-60)54(80)64-32-50(77)66-45(29-37-31-63-40-13-4-3-12-39(37)40)58(84)75-22-11-16-47(75)57(83)67-41(53(61)79)14-8-10-21-74-33-38(72-73-74)30-44(56(82)69-43)65-51(78)34-88-27-26-87-25-24-86-23-20-62-49(76)18-6-5-17-48-52-46(35-89-48)70-59(85)71-52/h3-4,12-13,31,33,36,41-48,52,63H,5-11,14-30,32,34-35,60H2,1-2H3,(H2,61,79)(H,62,76)(H,64,80)(H,65,78)(H,66,77)(H,67,83)(H,68,81)(H,69,82)(H2,70,71,85)/t41-,42-,43-,44-,45-,46-,47-,48?,52-/m0/s1. The minimum atomic E-state index is -1.30. The number of aryl methyl sites for hydroxylation is 1. The van der Waals surface area contributed by atoms with Crippen molar-refractivity contribution in [3.63, 3.8) is 0 Å². The fraction of sp³-hybridized carbons (Fsp3) is 0.661. The summed E-state index contributed by atoms with van der Waals surface area (Å²) in [5.41, 5.74) is 13.5. The van der Waals surface area contributed by atoms with Gasteiger partial charge in [0.2, 0.25) is 53.2 Å². The largest absolute Gasteiger partial charge is 0.377 e. The van der Waals surface area contributed by atoms with Crippen molar-refractivity contribution in [3.8, 4) is 0 Å². The van der Waals surface area contributed by atoms with Gasteiger partial charge in [-0.1, -0.05) is 43.7 Å². The number of primary amides is 1. The molecule has 2 aromatic heterocycles. The summed E-state index contributed by atoms with van der Waals surface area (Å²) in [7, 11) is 0. The van der Waals surface area contributed by atoms with Gasteiger partial charge in [-0.2, -0.15) is 11.8 Å². The second-order valence-electron chi connectivity index (χ2n) is 23.4. The topological polar surface area (TPSA) is 408 Å². The number of fused-ring (bicyclic) bond motifs is 5. The van der Waals surface area contributed by atoms with Crippen LogP contribution in [0.25, 0.3) is 10.9 Å². The van der Waals surface area contributed by atoms with E-state index in [1.165, 1.54) is 9.58 Å². The van der Waals surface area contributed by atoms with Gasteiger partial charge in [-0.05, 0) is 94.7 Å². The smallest absolute Gasteiger partial charge is 0.315 e. The summed E-state index contributed by atoms with van der Waals surface area (Å²) >= 11 is 1.85. The van der Waals surface area contributed by atoms with Crippen molar-refractivity contribution in [1.82, 2.24) is 72.7 Å². The Labute approximate surface area is 522 Å². The van der Waals surface area contributed by atoms with Crippen LogP contribution in [0.4, 0.5) is 4.79 Å². The molecule has 89 heavy (non-hydrogen) atoms. The number of H-pyrrole nitrogens is 1. The lowest BCUT2D eigenvalue weighted by Crippen LogP contribution is -2.58. The highest BCUT2D eigenvalue weighted by Crippen LogP contribution is 2.33. The number of carbonyl (C=O) groups excluding carboxylic acids is 10. The summed E-state index contributed by atoms with van der Waals surface area (Å²) in [6, 6.07) is 0.749. The molecule has 3 aromatic rings. The highest BCUT2D eigenvalue weighted by molar-refractivity contribution is 8.00. The van der Waals surface area contributed by atoms with Gasteiger partial charge in [-0.3, -0.25) is 47.8 Å². The van der Waals surface area contributed by atoms with Crippen LogP contribution in [0.1, 0.15) is 109 Å². The minimum Gasteiger partial charge on any atom is -0.377 e. The van der Waals surface area contributed by atoms with E-state index in [9.17, 15) is 47.9 Å². The number of hydrogen-bond donors (Lipinski definition) is 12. The molecule has 0 saturated carbocycles. The van der Waals surface area contributed by atoms with Gasteiger partial charge >= 0.3 is 6.03 Å². The molecule has 1 unspecified atom stereocenters. The van der Waals surface area contributed by atoms with Gasteiger partial charge in [-0.25, -0.2) is 4.79 Å². The van der Waals surface area contributed by atoms with Crippen LogP contribution in [0.2, 0.25) is 0 Å². The van der Waals surface area contributed by atoms with Crippen LogP contribution in [0, 0.1) is 5.92 Å². The minimum absolute atomic E-state index is 0.0235. The zero-order valence-corrected chi connectivity index (χ0v) is 51.8. The highest BCUT2D eigenvalue weighted by Gasteiger charge is 2.43. The molecule has 3 saturated heterocycles. The normalized spacial score (nSPS) is 24.3. The van der Waals surface area contributed by atoms with Crippen LogP contribution in [0.15, 0.2) is 36.7 Å². The second-order valence-corrected chi connectivity index (χ2v) is 24.7. The highest BCUT2D eigenvalue weighted by atomic mass is 32.2. The van der Waals surface area contributed by atoms with E-state index in [2.05, 4.69) is 63.1 Å². The summed E-state index contributed by atoms with van der Waals surface area (Å²) in [6.07, 6.45) is 9.18. The van der Waals surface area contributed by atoms with Gasteiger partial charge in [0.05, 0.1) is 57.4 Å². The third-order valence-corrected chi connectivity index (χ3v) is 17.5. The van der Waals surface area contributed by atoms with Crippen molar-refractivity contribution in [1.29, 1.82) is 0 Å². The molecule has 0 spiro atoms. The Kier molecular flexibility index (Phi) is 27.7. The maximum Gasteiger partial charge on any atom is 0.315 e. The molecule has 3 fully saturated rings. The maximum atomic E-state index is 14.6. The molecule has 14 N–H and O–H groups in total. The molecular formula is C59H90N16O13S. The molecule has 0 radical (unpaired) electrons. The zero-order valence-electron chi connectivity index (χ0n) is 51.0. The lowest BCUT2D eigenvalue weighted by molar-refractivity contribution is -0.142. The van der Waals surface area contributed by atoms with Crippen molar-refractivity contribution in [2.24, 2.45) is 17.4 Å². The van der Waals surface area contributed by atoms with E-state index < -0.39 is 96.7 Å². The summed E-state index contributed by atoms with van der Waals surface area (Å²) in [4.78, 5) is 140. The maximum absolute atomic E-state index is 14.6. The molecule has 9 atom stereocenters. The van der Waals surface area contributed by atoms with Crippen molar-refractivity contribution < 1.29 is 62.2 Å². The van der Waals surface area contributed by atoms with Gasteiger partial charge in [0.25, 0.3) is 0 Å². The first-order valence-corrected chi connectivity index (χ1v) is 32.2. The third-order valence-electron chi connectivity index (χ3n) is 16.0. The molecule has 29 nitrogen and oxygen atoms in total. The first-order chi connectivity index (χ1) is 43.0. The Balaban J connectivity index is 0.948. The van der Waals surface area contributed by atoms with Crippen LogP contribution in [0.5, 0.6) is 0 Å². The average Bonchev–Trinajstić information content (AvgIpc) is 2.73. The molecule has 30 heteroatoms. The van der Waals surface area contributed by atoms with Gasteiger partial charge in [-0.15, -0.1) is 5.10 Å². The number of nitrogens with one attached hydrogen (secondary N) is 10. The predicted molar refractivity (Wildman–Crippen MR) is 328 cm³/mol. The molecule has 7 rings (SSSR count). The lowest BCUT2D eigenvalue weighted by atomic mass is 10.0. The first kappa shape index (κ1) is 69.1. The quantitative estimate of drug-likeness (QED) is 0.0332. The number of aromatic amines is 1. The Morgan fingerprint density at radius 3 is 2.33 bits per heavy atom. The Morgan fingerprint density at radius 2 is 1.54 bits per heavy atom. The van der Waals surface area contributed by atoms with Crippen LogP contribution in [-0.2, 0) is 76.7 Å².